The summed E-state index contributed by atoms with van der Waals surface area (Å²) in [7, 11) is -1.22. The van der Waals surface area contributed by atoms with Crippen LogP contribution < -0.4 is 4.65 Å². The average Bonchev–Trinajstić information content (AvgIpc) is 3.00. The number of para-hydroxylation sites is 1. The highest BCUT2D eigenvalue weighted by atomic mass is 16.5. The maximum absolute atomic E-state index is 12.1. The second-order valence-corrected chi connectivity index (χ2v) is 5.55. The van der Waals surface area contributed by atoms with Crippen molar-refractivity contribution in [2.75, 3.05) is 6.54 Å². The fourth-order valence-corrected chi connectivity index (χ4v) is 2.75. The van der Waals surface area contributed by atoms with Gasteiger partial charge >= 0.3 is 13.1 Å². The van der Waals surface area contributed by atoms with Crippen molar-refractivity contribution in [3.05, 3.63) is 29.3 Å². The van der Waals surface area contributed by atoms with E-state index in [2.05, 4.69) is 15.4 Å². The largest absolute Gasteiger partial charge is 0.535 e. The summed E-state index contributed by atoms with van der Waals surface area (Å²) in [6.45, 7) is 0.334. The van der Waals surface area contributed by atoms with Gasteiger partial charge in [-0.3, -0.25) is 4.79 Å². The Hall–Kier alpha value is -2.55. The smallest absolute Gasteiger partial charge is 0.526 e. The van der Waals surface area contributed by atoms with Crippen molar-refractivity contribution in [2.24, 2.45) is 15.4 Å². The summed E-state index contributed by atoms with van der Waals surface area (Å²) in [6.07, 6.45) is 0.653. The van der Waals surface area contributed by atoms with Crippen LogP contribution in [0.2, 0.25) is 5.82 Å². The zero-order chi connectivity index (χ0) is 16.4. The molecule has 0 amide bonds. The number of hydrogen-bond donors (Lipinski definition) is 2. The number of nitrogens with zero attached hydrogens (tertiary/aromatic N) is 3. The van der Waals surface area contributed by atoms with Crippen LogP contribution in [0, 0.1) is 0 Å². The summed E-state index contributed by atoms with van der Waals surface area (Å²) in [5, 5.41) is 30.1. The van der Waals surface area contributed by atoms with E-state index in [0.29, 0.717) is 24.2 Å². The highest BCUT2D eigenvalue weighted by molar-refractivity contribution is 6.47. The number of hydrogen-bond acceptors (Lipinski definition) is 7. The summed E-state index contributed by atoms with van der Waals surface area (Å²) in [6, 6.07) is 4.78. The number of Topliss-reactive ketones (excluding diaryl/α,β-unsaturated/α-hetero) is 1. The van der Waals surface area contributed by atoms with E-state index >= 15 is 0 Å². The normalized spacial score (nSPS) is 19.1. The quantitative estimate of drug-likeness (QED) is 0.794. The molecular weight excluding hydrogens is 301 g/mol. The Kier molecular flexibility index (Phi) is 4.20. The molecule has 1 atom stereocenters. The Morgan fingerprint density at radius 1 is 1.39 bits per heavy atom. The summed E-state index contributed by atoms with van der Waals surface area (Å²) in [5.41, 5.74) is 1.29. The minimum atomic E-state index is -1.22. The van der Waals surface area contributed by atoms with Gasteiger partial charge in [-0.15, -0.1) is 5.10 Å². The number of carboxylic acid groups (broad SMARTS) is 1. The van der Waals surface area contributed by atoms with Gasteiger partial charge < -0.3 is 14.8 Å². The molecule has 0 aromatic heterocycles. The Labute approximate surface area is 132 Å². The molecule has 2 aliphatic heterocycles. The fraction of sp³-hybridized carbons (Fsp3) is 0.357. The van der Waals surface area contributed by atoms with Crippen LogP contribution in [0.5, 0.6) is 5.75 Å². The van der Waals surface area contributed by atoms with Crippen molar-refractivity contribution in [1.29, 1.82) is 0 Å². The molecule has 0 fully saturated rings. The van der Waals surface area contributed by atoms with Crippen LogP contribution in [0.4, 0.5) is 0 Å². The summed E-state index contributed by atoms with van der Waals surface area (Å²) >= 11 is 0. The van der Waals surface area contributed by atoms with Crippen LogP contribution in [0.3, 0.4) is 0 Å². The monoisotopic (exact) mass is 315 g/mol. The molecule has 3 rings (SSSR count). The van der Waals surface area contributed by atoms with Gasteiger partial charge in [-0.25, -0.2) is 4.79 Å². The molecule has 8 nitrogen and oxygen atoms in total. The van der Waals surface area contributed by atoms with Crippen molar-refractivity contribution >= 4 is 24.6 Å². The average molecular weight is 315 g/mol. The van der Waals surface area contributed by atoms with Crippen molar-refractivity contribution < 1.29 is 24.4 Å². The third-order valence-electron chi connectivity index (χ3n) is 3.84. The van der Waals surface area contributed by atoms with E-state index in [4.69, 9.17) is 9.76 Å². The second kappa shape index (κ2) is 6.29. The molecule has 2 aliphatic rings. The first-order valence-corrected chi connectivity index (χ1v) is 7.18. The van der Waals surface area contributed by atoms with Crippen molar-refractivity contribution in [3.8, 4) is 5.75 Å². The van der Waals surface area contributed by atoms with Crippen molar-refractivity contribution in [2.45, 2.75) is 25.1 Å². The first-order chi connectivity index (χ1) is 11.0. The van der Waals surface area contributed by atoms with Gasteiger partial charge in [0, 0.05) is 18.7 Å². The molecule has 1 aromatic rings. The van der Waals surface area contributed by atoms with E-state index in [1.54, 1.807) is 12.1 Å². The van der Waals surface area contributed by atoms with Gasteiger partial charge in [0.25, 0.3) is 0 Å². The number of rotatable bonds is 5. The zero-order valence-electron chi connectivity index (χ0n) is 12.2. The lowest BCUT2D eigenvalue weighted by molar-refractivity contribution is -0.118. The molecule has 118 valence electrons. The van der Waals surface area contributed by atoms with Gasteiger partial charge in [0.2, 0.25) is 0 Å². The molecule has 0 bridgehead atoms. The Bertz CT molecular complexity index is 718. The van der Waals surface area contributed by atoms with E-state index in [1.807, 2.05) is 0 Å². The van der Waals surface area contributed by atoms with E-state index in [1.165, 1.54) is 6.07 Å². The zero-order valence-corrected chi connectivity index (χ0v) is 12.2. The standard InChI is InChI=1S/C14H14BN3O5/c19-11(6-10-7-16-18-17-10)5-9-4-8-2-1-3-12(14(20)21)13(8)23-15(9)22/h1-3,9,22H,4-7H2,(H,20,21)/t9-/m1/s1. The summed E-state index contributed by atoms with van der Waals surface area (Å²) in [4.78, 5) is 23.3. The van der Waals surface area contributed by atoms with Crippen molar-refractivity contribution in [3.63, 3.8) is 0 Å². The lowest BCUT2D eigenvalue weighted by atomic mass is 9.64. The molecule has 0 radical (unpaired) electrons. The predicted octanol–water partition coefficient (Wildman–Crippen LogP) is 1.34. The van der Waals surface area contributed by atoms with Gasteiger partial charge in [0.15, 0.2) is 0 Å². The van der Waals surface area contributed by atoms with E-state index in [9.17, 15) is 14.6 Å². The fourth-order valence-electron chi connectivity index (χ4n) is 2.75. The minimum absolute atomic E-state index is 0.00913. The predicted molar refractivity (Wildman–Crippen MR) is 80.9 cm³/mol. The number of ketones is 1. The SMILES string of the molecule is O=C(CC1=NN=NC1)C[C@H]1Cc2cccc(C(=O)O)c2OB1O. The Balaban J connectivity index is 1.70. The number of benzene rings is 1. The van der Waals surface area contributed by atoms with Gasteiger partial charge in [-0.1, -0.05) is 12.1 Å². The molecule has 0 unspecified atom stereocenters. The van der Waals surface area contributed by atoms with Gasteiger partial charge in [0.1, 0.15) is 18.1 Å². The minimum Gasteiger partial charge on any atom is -0.535 e. The molecule has 0 saturated carbocycles. The molecule has 0 spiro atoms. The number of fused-ring (bicyclic) bond motifs is 1. The Morgan fingerprint density at radius 3 is 2.91 bits per heavy atom. The van der Waals surface area contributed by atoms with Crippen LogP contribution in [-0.2, 0) is 11.2 Å². The molecule has 0 saturated heterocycles. The summed E-state index contributed by atoms with van der Waals surface area (Å²) in [5.74, 6) is -1.44. The molecular formula is C14H14BN3O5. The van der Waals surface area contributed by atoms with Gasteiger partial charge in [-0.05, 0) is 23.3 Å². The van der Waals surface area contributed by atoms with E-state index in [0.717, 1.165) is 0 Å². The molecule has 2 N–H and O–H groups in total. The topological polar surface area (TPSA) is 121 Å². The highest BCUT2D eigenvalue weighted by Gasteiger charge is 2.37. The second-order valence-electron chi connectivity index (χ2n) is 5.55. The number of carbonyl (C=O) groups is 2. The lowest BCUT2D eigenvalue weighted by Crippen LogP contribution is -2.36. The van der Waals surface area contributed by atoms with Crippen LogP contribution >= 0.6 is 0 Å². The van der Waals surface area contributed by atoms with Crippen LogP contribution in [-0.4, -0.2) is 41.3 Å². The molecule has 23 heavy (non-hydrogen) atoms. The van der Waals surface area contributed by atoms with Crippen LogP contribution in [0.15, 0.2) is 33.6 Å². The first-order valence-electron chi connectivity index (χ1n) is 7.18. The Morgan fingerprint density at radius 2 is 2.22 bits per heavy atom. The van der Waals surface area contributed by atoms with Crippen LogP contribution in [0.25, 0.3) is 0 Å². The molecule has 0 aliphatic carbocycles. The summed E-state index contributed by atoms with van der Waals surface area (Å²) < 4.78 is 5.36. The van der Waals surface area contributed by atoms with E-state index in [-0.39, 0.29) is 29.9 Å². The first kappa shape index (κ1) is 15.4. The highest BCUT2D eigenvalue weighted by Crippen LogP contribution is 2.36. The molecule has 9 heteroatoms. The van der Waals surface area contributed by atoms with E-state index < -0.39 is 18.9 Å². The lowest BCUT2D eigenvalue weighted by Gasteiger charge is -2.27. The maximum Gasteiger partial charge on any atom is 0.526 e. The number of carboxylic acids is 1. The third-order valence-corrected chi connectivity index (χ3v) is 3.84. The molecule has 1 aromatic carbocycles. The van der Waals surface area contributed by atoms with Gasteiger partial charge in [-0.2, -0.15) is 5.11 Å². The van der Waals surface area contributed by atoms with Crippen molar-refractivity contribution in [1.82, 2.24) is 0 Å². The maximum atomic E-state index is 12.1. The molecule has 2 heterocycles. The number of carbonyl (C=O) groups excluding carboxylic acids is 1. The third kappa shape index (κ3) is 3.29. The van der Waals surface area contributed by atoms with Crippen LogP contribution in [0.1, 0.15) is 28.8 Å². The van der Waals surface area contributed by atoms with Gasteiger partial charge in [0.05, 0.1) is 11.3 Å². The number of aromatic carboxylic acids is 1.